The fourth-order valence-electron chi connectivity index (χ4n) is 3.36. The molecule has 0 aliphatic carbocycles. The molecule has 0 heterocycles. The van der Waals surface area contributed by atoms with E-state index in [-0.39, 0.29) is 18.6 Å². The van der Waals surface area contributed by atoms with Gasteiger partial charge >= 0.3 is 11.9 Å². The molecule has 0 radical (unpaired) electrons. The Labute approximate surface area is 212 Å². The summed E-state index contributed by atoms with van der Waals surface area (Å²) < 4.78 is 0. The smallest absolute Gasteiger partial charge is 0.326 e. The van der Waals surface area contributed by atoms with E-state index < -0.39 is 60.2 Å². The van der Waals surface area contributed by atoms with Crippen LogP contribution in [0.2, 0.25) is 0 Å². The van der Waals surface area contributed by atoms with Crippen LogP contribution in [0.5, 0.6) is 5.75 Å². The third-order valence-electron chi connectivity index (χ3n) is 5.39. The van der Waals surface area contributed by atoms with Crippen LogP contribution in [-0.4, -0.2) is 69.1 Å². The van der Waals surface area contributed by atoms with Crippen LogP contribution in [0.25, 0.3) is 0 Å². The molecule has 0 fully saturated rings. The minimum atomic E-state index is -1.38. The van der Waals surface area contributed by atoms with E-state index in [1.54, 1.807) is 30.3 Å². The van der Waals surface area contributed by atoms with E-state index in [1.807, 2.05) is 0 Å². The number of phenolic OH excluding ortho intramolecular Hbond substituents is 1. The average molecular weight is 515 g/mol. The molecule has 4 unspecified atom stereocenters. The molecule has 3 amide bonds. The van der Waals surface area contributed by atoms with Crippen molar-refractivity contribution in [3.05, 3.63) is 65.7 Å². The van der Waals surface area contributed by atoms with Gasteiger partial charge in [-0.25, -0.2) is 4.79 Å². The molecule has 2 aromatic carbocycles. The van der Waals surface area contributed by atoms with Gasteiger partial charge in [-0.1, -0.05) is 42.5 Å². The highest BCUT2D eigenvalue weighted by Crippen LogP contribution is 2.12. The molecule has 198 valence electrons. The molecule has 0 aliphatic rings. The van der Waals surface area contributed by atoms with Crippen LogP contribution in [0.15, 0.2) is 54.6 Å². The summed E-state index contributed by atoms with van der Waals surface area (Å²) in [6.45, 7) is 1.33. The number of carboxylic acid groups (broad SMARTS) is 2. The SMILES string of the molecule is CC(NC(=O)C(N)CC(=O)O)C(=O)NC(Cc1ccc(O)cc1)C(=O)NC(Cc1ccccc1)C(=O)O. The molecule has 2 rings (SSSR count). The zero-order chi connectivity index (χ0) is 27.5. The van der Waals surface area contributed by atoms with Gasteiger partial charge in [0.25, 0.3) is 0 Å². The summed E-state index contributed by atoms with van der Waals surface area (Å²) in [7, 11) is 0. The molecule has 0 bridgehead atoms. The van der Waals surface area contributed by atoms with E-state index in [0.29, 0.717) is 11.1 Å². The van der Waals surface area contributed by atoms with Gasteiger partial charge in [-0.3, -0.25) is 19.2 Å². The second-order valence-electron chi connectivity index (χ2n) is 8.46. The van der Waals surface area contributed by atoms with Gasteiger partial charge in [0.2, 0.25) is 17.7 Å². The summed E-state index contributed by atoms with van der Waals surface area (Å²) >= 11 is 0. The lowest BCUT2D eigenvalue weighted by atomic mass is 10.0. The quantitative estimate of drug-likeness (QED) is 0.184. The first-order chi connectivity index (χ1) is 17.5. The Kier molecular flexibility index (Phi) is 10.6. The highest BCUT2D eigenvalue weighted by atomic mass is 16.4. The van der Waals surface area contributed by atoms with E-state index >= 15 is 0 Å². The van der Waals surface area contributed by atoms with Gasteiger partial charge in [0.05, 0.1) is 12.5 Å². The first-order valence-electron chi connectivity index (χ1n) is 11.4. The summed E-state index contributed by atoms with van der Waals surface area (Å²) in [6, 6.07) is 9.49. The number of phenols is 1. The summed E-state index contributed by atoms with van der Waals surface area (Å²) in [4.78, 5) is 60.6. The van der Waals surface area contributed by atoms with Crippen molar-refractivity contribution in [1.82, 2.24) is 16.0 Å². The highest BCUT2D eigenvalue weighted by molar-refractivity contribution is 5.94. The van der Waals surface area contributed by atoms with Crippen molar-refractivity contribution in [2.45, 2.75) is 50.4 Å². The average Bonchev–Trinajstić information content (AvgIpc) is 2.84. The van der Waals surface area contributed by atoms with Gasteiger partial charge < -0.3 is 37.0 Å². The van der Waals surface area contributed by atoms with Gasteiger partial charge in [-0.2, -0.15) is 0 Å². The van der Waals surface area contributed by atoms with E-state index in [1.165, 1.54) is 31.2 Å². The van der Waals surface area contributed by atoms with Gasteiger partial charge in [-0.05, 0) is 30.2 Å². The topological polar surface area (TPSA) is 208 Å². The number of carboxylic acids is 2. The monoisotopic (exact) mass is 514 g/mol. The Morgan fingerprint density at radius 2 is 1.30 bits per heavy atom. The standard InChI is InChI=1S/C25H30N4O8/c1-14(27-23(34)18(26)13-21(31)32)22(33)28-19(11-16-7-9-17(30)10-8-16)24(35)29-20(25(36)37)12-15-5-3-2-4-6-15/h2-10,14,18-20,30H,11-13,26H2,1H3,(H,27,34)(H,28,33)(H,29,35)(H,31,32)(H,36,37). The van der Waals surface area contributed by atoms with Crippen molar-refractivity contribution in [2.24, 2.45) is 5.73 Å². The predicted octanol–water partition coefficient (Wildman–Crippen LogP) is -0.462. The molecule has 0 aromatic heterocycles. The molecule has 0 saturated carbocycles. The van der Waals surface area contributed by atoms with Crippen molar-refractivity contribution in [3.8, 4) is 5.75 Å². The highest BCUT2D eigenvalue weighted by Gasteiger charge is 2.29. The number of nitrogens with one attached hydrogen (secondary N) is 3. The zero-order valence-electron chi connectivity index (χ0n) is 20.1. The maximum Gasteiger partial charge on any atom is 0.326 e. The second-order valence-corrected chi connectivity index (χ2v) is 8.46. The Morgan fingerprint density at radius 1 is 0.757 bits per heavy atom. The normalized spacial score (nSPS) is 13.9. The third kappa shape index (κ3) is 9.61. The van der Waals surface area contributed by atoms with Crippen LogP contribution in [0, 0.1) is 0 Å². The first kappa shape index (κ1) is 28.8. The molecular weight excluding hydrogens is 484 g/mol. The minimum absolute atomic E-state index is 0.00313. The number of amides is 3. The van der Waals surface area contributed by atoms with Crippen LogP contribution in [0.3, 0.4) is 0 Å². The van der Waals surface area contributed by atoms with Crippen LogP contribution in [0.1, 0.15) is 24.5 Å². The van der Waals surface area contributed by atoms with Crippen LogP contribution < -0.4 is 21.7 Å². The van der Waals surface area contributed by atoms with Crippen molar-refractivity contribution < 1.29 is 39.3 Å². The molecule has 37 heavy (non-hydrogen) atoms. The number of hydrogen-bond acceptors (Lipinski definition) is 7. The number of benzene rings is 2. The number of nitrogens with two attached hydrogens (primary N) is 1. The van der Waals surface area contributed by atoms with Crippen molar-refractivity contribution in [2.75, 3.05) is 0 Å². The maximum atomic E-state index is 13.1. The Morgan fingerprint density at radius 3 is 1.86 bits per heavy atom. The van der Waals surface area contributed by atoms with E-state index in [0.717, 1.165) is 0 Å². The van der Waals surface area contributed by atoms with Crippen molar-refractivity contribution in [3.63, 3.8) is 0 Å². The summed E-state index contributed by atoms with van der Waals surface area (Å²) in [5, 5.41) is 35.2. The van der Waals surface area contributed by atoms with E-state index in [4.69, 9.17) is 10.8 Å². The fourth-order valence-corrected chi connectivity index (χ4v) is 3.36. The maximum absolute atomic E-state index is 13.1. The van der Waals surface area contributed by atoms with Gasteiger partial charge in [0.1, 0.15) is 23.9 Å². The largest absolute Gasteiger partial charge is 0.508 e. The summed E-state index contributed by atoms with van der Waals surface area (Å²) in [5.74, 6) is -4.96. The van der Waals surface area contributed by atoms with Crippen LogP contribution >= 0.6 is 0 Å². The lowest BCUT2D eigenvalue weighted by Gasteiger charge is -2.24. The zero-order valence-corrected chi connectivity index (χ0v) is 20.1. The van der Waals surface area contributed by atoms with Gasteiger partial charge in [0, 0.05) is 12.8 Å². The second kappa shape index (κ2) is 13.6. The lowest BCUT2D eigenvalue weighted by Crippen LogP contribution is -2.57. The third-order valence-corrected chi connectivity index (χ3v) is 5.39. The van der Waals surface area contributed by atoms with Crippen LogP contribution in [-0.2, 0) is 36.8 Å². The van der Waals surface area contributed by atoms with E-state index in [2.05, 4.69) is 16.0 Å². The number of aromatic hydroxyl groups is 1. The lowest BCUT2D eigenvalue weighted by molar-refractivity contribution is -0.142. The molecule has 8 N–H and O–H groups in total. The molecular formula is C25H30N4O8. The summed E-state index contributed by atoms with van der Waals surface area (Å²) in [6.07, 6.45) is -0.672. The van der Waals surface area contributed by atoms with Gasteiger partial charge in [0.15, 0.2) is 0 Å². The van der Waals surface area contributed by atoms with Crippen LogP contribution in [0.4, 0.5) is 0 Å². The number of aliphatic carboxylic acids is 2. The molecule has 4 atom stereocenters. The molecule has 0 spiro atoms. The van der Waals surface area contributed by atoms with Crippen molar-refractivity contribution >= 4 is 29.7 Å². The molecule has 0 aliphatic heterocycles. The predicted molar refractivity (Wildman–Crippen MR) is 131 cm³/mol. The number of carbonyl (C=O) groups excluding carboxylic acids is 3. The Bertz CT molecular complexity index is 1110. The molecule has 0 saturated heterocycles. The Hall–Kier alpha value is -4.45. The molecule has 2 aromatic rings. The minimum Gasteiger partial charge on any atom is -0.508 e. The first-order valence-corrected chi connectivity index (χ1v) is 11.4. The summed E-state index contributed by atoms with van der Waals surface area (Å²) in [5.41, 5.74) is 6.76. The number of carbonyl (C=O) groups is 5. The molecule has 12 heteroatoms. The van der Waals surface area contributed by atoms with E-state index in [9.17, 15) is 34.2 Å². The van der Waals surface area contributed by atoms with Gasteiger partial charge in [-0.15, -0.1) is 0 Å². The molecule has 12 nitrogen and oxygen atoms in total. The number of hydrogen-bond donors (Lipinski definition) is 7. The fraction of sp³-hybridized carbons (Fsp3) is 0.320. The Balaban J connectivity index is 2.16. The van der Waals surface area contributed by atoms with Crippen molar-refractivity contribution in [1.29, 1.82) is 0 Å². The number of rotatable bonds is 13.